The topological polar surface area (TPSA) is 66.5 Å². The van der Waals surface area contributed by atoms with Crippen molar-refractivity contribution in [2.24, 2.45) is 0 Å². The molecule has 1 aliphatic rings. The number of benzene rings is 2. The Morgan fingerprint density at radius 2 is 1.83 bits per heavy atom. The van der Waals surface area contributed by atoms with Crippen molar-refractivity contribution in [3.8, 4) is 0 Å². The lowest BCUT2D eigenvalue weighted by Gasteiger charge is -2.26. The molecule has 0 saturated heterocycles. The van der Waals surface area contributed by atoms with E-state index in [2.05, 4.69) is 4.72 Å². The Hall–Kier alpha value is -2.60. The van der Waals surface area contributed by atoms with Gasteiger partial charge in [0, 0.05) is 24.8 Å². The van der Waals surface area contributed by atoms with Crippen molar-refractivity contribution in [1.29, 1.82) is 0 Å². The van der Waals surface area contributed by atoms with E-state index < -0.39 is 10.0 Å². The number of carbonyl (C=O) groups is 1. The molecule has 0 saturated carbocycles. The summed E-state index contributed by atoms with van der Waals surface area (Å²) in [4.78, 5) is 13.3. The summed E-state index contributed by atoms with van der Waals surface area (Å²) in [6.07, 6.45) is 2.61. The highest BCUT2D eigenvalue weighted by Crippen LogP contribution is 2.29. The first-order chi connectivity index (χ1) is 11.4. The van der Waals surface area contributed by atoms with Gasteiger partial charge in [-0.1, -0.05) is 30.3 Å². The average Bonchev–Trinajstić information content (AvgIpc) is 2.57. The molecule has 1 amide bonds. The number of anilines is 2. The molecule has 0 atom stereocenters. The van der Waals surface area contributed by atoms with Crippen molar-refractivity contribution in [3.63, 3.8) is 0 Å². The molecule has 0 aromatic heterocycles. The largest absolute Gasteiger partial charge is 0.315 e. The molecule has 1 aliphatic heterocycles. The number of nitrogens with one attached hydrogen (secondary N) is 1. The van der Waals surface area contributed by atoms with Crippen LogP contribution in [0.15, 0.2) is 53.9 Å². The van der Waals surface area contributed by atoms with E-state index in [0.717, 1.165) is 22.2 Å². The number of hydrogen-bond donors (Lipinski definition) is 1. The van der Waals surface area contributed by atoms with Gasteiger partial charge >= 0.3 is 0 Å². The number of sulfonamides is 1. The van der Waals surface area contributed by atoms with Crippen LogP contribution in [-0.4, -0.2) is 21.4 Å². The molecule has 0 unspecified atom stereocenters. The first kappa shape index (κ1) is 16.3. The zero-order valence-electron chi connectivity index (χ0n) is 13.3. The summed E-state index contributed by atoms with van der Waals surface area (Å²) in [6.45, 7) is 0. The molecular weight excluding hydrogens is 324 g/mol. The maximum atomic E-state index is 12.2. The molecule has 0 fully saturated rings. The van der Waals surface area contributed by atoms with Crippen molar-refractivity contribution >= 4 is 33.4 Å². The Balaban J connectivity index is 1.78. The van der Waals surface area contributed by atoms with Crippen molar-refractivity contribution < 1.29 is 13.2 Å². The lowest BCUT2D eigenvalue weighted by Crippen LogP contribution is -2.31. The van der Waals surface area contributed by atoms with E-state index in [1.54, 1.807) is 36.2 Å². The van der Waals surface area contributed by atoms with Crippen molar-refractivity contribution in [2.45, 2.75) is 12.8 Å². The van der Waals surface area contributed by atoms with Gasteiger partial charge in [-0.25, -0.2) is 8.42 Å². The zero-order valence-corrected chi connectivity index (χ0v) is 14.1. The summed E-state index contributed by atoms with van der Waals surface area (Å²) >= 11 is 0. The van der Waals surface area contributed by atoms with E-state index in [1.807, 2.05) is 30.3 Å². The van der Waals surface area contributed by atoms with Gasteiger partial charge in [-0.15, -0.1) is 0 Å². The van der Waals surface area contributed by atoms with E-state index in [9.17, 15) is 13.2 Å². The van der Waals surface area contributed by atoms with Crippen LogP contribution in [0, 0.1) is 0 Å². The van der Waals surface area contributed by atoms with Crippen molar-refractivity contribution in [2.75, 3.05) is 16.7 Å². The van der Waals surface area contributed by atoms with Crippen LogP contribution >= 0.6 is 0 Å². The van der Waals surface area contributed by atoms with Crippen LogP contribution in [0.4, 0.5) is 11.4 Å². The highest BCUT2D eigenvalue weighted by atomic mass is 32.2. The van der Waals surface area contributed by atoms with Crippen LogP contribution in [0.3, 0.4) is 0 Å². The number of amides is 1. The van der Waals surface area contributed by atoms with Gasteiger partial charge in [0.1, 0.15) is 0 Å². The number of nitrogens with zero attached hydrogens (tertiary/aromatic N) is 1. The molecule has 2 aromatic rings. The second-order valence-corrected chi connectivity index (χ2v) is 7.22. The SMILES string of the molecule is CN1C(=O)CCc2cc(NS(=O)(=O)C=Cc3ccccc3)ccc21. The van der Waals surface area contributed by atoms with Crippen molar-refractivity contribution in [3.05, 3.63) is 65.1 Å². The van der Waals surface area contributed by atoms with Crippen LogP contribution in [-0.2, 0) is 21.2 Å². The summed E-state index contributed by atoms with van der Waals surface area (Å²) < 4.78 is 26.9. The van der Waals surface area contributed by atoms with Gasteiger partial charge in [-0.05, 0) is 41.8 Å². The Morgan fingerprint density at radius 1 is 1.08 bits per heavy atom. The second kappa shape index (κ2) is 6.49. The lowest BCUT2D eigenvalue weighted by atomic mass is 10.0. The van der Waals surface area contributed by atoms with Crippen LogP contribution < -0.4 is 9.62 Å². The van der Waals surface area contributed by atoms with Gasteiger partial charge in [0.2, 0.25) is 5.91 Å². The molecule has 0 bridgehead atoms. The van der Waals surface area contributed by atoms with E-state index in [-0.39, 0.29) is 5.91 Å². The molecule has 124 valence electrons. The van der Waals surface area contributed by atoms with Gasteiger partial charge < -0.3 is 4.90 Å². The van der Waals surface area contributed by atoms with Crippen LogP contribution in [0.25, 0.3) is 6.08 Å². The summed E-state index contributed by atoms with van der Waals surface area (Å²) in [6, 6.07) is 14.5. The van der Waals surface area contributed by atoms with E-state index in [4.69, 9.17) is 0 Å². The molecule has 2 aromatic carbocycles. The van der Waals surface area contributed by atoms with E-state index in [1.165, 1.54) is 0 Å². The molecular formula is C18H18N2O3S. The summed E-state index contributed by atoms with van der Waals surface area (Å²) in [7, 11) is -1.87. The summed E-state index contributed by atoms with van der Waals surface area (Å²) in [5, 5.41) is 1.15. The number of fused-ring (bicyclic) bond motifs is 1. The lowest BCUT2D eigenvalue weighted by molar-refractivity contribution is -0.118. The highest BCUT2D eigenvalue weighted by Gasteiger charge is 2.21. The second-order valence-electron chi connectivity index (χ2n) is 5.66. The molecule has 0 spiro atoms. The number of carbonyl (C=O) groups excluding carboxylic acids is 1. The fraction of sp³-hybridized carbons (Fsp3) is 0.167. The fourth-order valence-corrected chi connectivity index (χ4v) is 3.51. The Labute approximate surface area is 141 Å². The molecule has 5 nitrogen and oxygen atoms in total. The average molecular weight is 342 g/mol. The third kappa shape index (κ3) is 3.65. The van der Waals surface area contributed by atoms with Crippen molar-refractivity contribution in [1.82, 2.24) is 0 Å². The first-order valence-corrected chi connectivity index (χ1v) is 9.15. The summed E-state index contributed by atoms with van der Waals surface area (Å²) in [5.74, 6) is 0.0709. The normalized spacial score (nSPS) is 14.7. The molecule has 6 heteroatoms. The summed E-state index contributed by atoms with van der Waals surface area (Å²) in [5.41, 5.74) is 3.10. The standard InChI is InChI=1S/C18H18N2O3S/c1-20-17-9-8-16(13-15(17)7-10-18(20)21)19-24(22,23)12-11-14-5-3-2-4-6-14/h2-6,8-9,11-13,19H,7,10H2,1H3. The number of hydrogen-bond acceptors (Lipinski definition) is 3. The third-order valence-corrected chi connectivity index (χ3v) is 4.94. The highest BCUT2D eigenvalue weighted by molar-refractivity contribution is 7.95. The van der Waals surface area contributed by atoms with Gasteiger partial charge in [-0.3, -0.25) is 9.52 Å². The maximum Gasteiger partial charge on any atom is 0.255 e. The maximum absolute atomic E-state index is 12.2. The van der Waals surface area contributed by atoms with Gasteiger partial charge in [0.25, 0.3) is 10.0 Å². The minimum absolute atomic E-state index is 0.0709. The van der Waals surface area contributed by atoms with Gasteiger partial charge in [0.15, 0.2) is 0 Å². The predicted molar refractivity (Wildman–Crippen MR) is 96.2 cm³/mol. The van der Waals surface area contributed by atoms with Gasteiger partial charge in [0.05, 0.1) is 5.41 Å². The number of rotatable bonds is 4. The minimum atomic E-state index is -3.59. The van der Waals surface area contributed by atoms with Crippen LogP contribution in [0.2, 0.25) is 0 Å². The van der Waals surface area contributed by atoms with E-state index in [0.29, 0.717) is 18.5 Å². The quantitative estimate of drug-likeness (QED) is 0.929. The molecule has 3 rings (SSSR count). The fourth-order valence-electron chi connectivity index (χ4n) is 2.65. The Kier molecular flexibility index (Phi) is 4.40. The van der Waals surface area contributed by atoms with Gasteiger partial charge in [-0.2, -0.15) is 0 Å². The predicted octanol–water partition coefficient (Wildman–Crippen LogP) is 3.01. The van der Waals surface area contributed by atoms with Crippen LogP contribution in [0.1, 0.15) is 17.5 Å². The van der Waals surface area contributed by atoms with E-state index >= 15 is 0 Å². The Morgan fingerprint density at radius 3 is 2.58 bits per heavy atom. The molecule has 1 N–H and O–H groups in total. The number of aryl methyl sites for hydroxylation is 1. The zero-order chi connectivity index (χ0) is 17.2. The first-order valence-electron chi connectivity index (χ1n) is 7.60. The third-order valence-electron chi connectivity index (χ3n) is 3.92. The molecule has 0 aliphatic carbocycles. The monoisotopic (exact) mass is 342 g/mol. The molecule has 1 heterocycles. The smallest absolute Gasteiger partial charge is 0.255 e. The minimum Gasteiger partial charge on any atom is -0.315 e. The molecule has 24 heavy (non-hydrogen) atoms. The Bertz CT molecular complexity index is 890. The van der Waals surface area contributed by atoms with Crippen LogP contribution in [0.5, 0.6) is 0 Å². The molecule has 0 radical (unpaired) electrons.